The lowest BCUT2D eigenvalue weighted by Crippen LogP contribution is -1.81. The SMILES string of the molecule is [SH2+]c1ccc2cc(C3CO3)ccc2c1. The molecule has 0 amide bonds. The molecule has 14 heavy (non-hydrogen) atoms. The normalized spacial score (nSPS) is 19.9. The van der Waals surface area contributed by atoms with Gasteiger partial charge in [-0.15, -0.1) is 0 Å². The predicted octanol–water partition coefficient (Wildman–Crippen LogP) is 2.28. The highest BCUT2D eigenvalue weighted by Crippen LogP contribution is 2.31. The quantitative estimate of drug-likeness (QED) is 0.511. The lowest BCUT2D eigenvalue weighted by atomic mass is 10.1. The van der Waals surface area contributed by atoms with E-state index in [9.17, 15) is 0 Å². The van der Waals surface area contributed by atoms with Gasteiger partial charge in [-0.1, -0.05) is 12.1 Å². The Morgan fingerprint density at radius 2 is 1.79 bits per heavy atom. The van der Waals surface area contributed by atoms with E-state index in [2.05, 4.69) is 49.0 Å². The first-order valence-corrected chi connectivity index (χ1v) is 5.20. The third-order valence-electron chi connectivity index (χ3n) is 2.57. The van der Waals surface area contributed by atoms with Crippen LogP contribution in [0.3, 0.4) is 0 Å². The summed E-state index contributed by atoms with van der Waals surface area (Å²) in [5.74, 6) is 0. The maximum Gasteiger partial charge on any atom is 0.150 e. The van der Waals surface area contributed by atoms with Gasteiger partial charge in [0.05, 0.1) is 6.61 Å². The van der Waals surface area contributed by atoms with Gasteiger partial charge in [0.15, 0.2) is 4.90 Å². The van der Waals surface area contributed by atoms with Crippen LogP contribution >= 0.6 is 0 Å². The van der Waals surface area contributed by atoms with Crippen molar-refractivity contribution in [3.05, 3.63) is 42.0 Å². The van der Waals surface area contributed by atoms with Gasteiger partial charge in [-0.25, -0.2) is 0 Å². The average Bonchev–Trinajstić information content (AvgIpc) is 3.00. The molecular formula is C12H11OS+. The van der Waals surface area contributed by atoms with Crippen molar-refractivity contribution in [2.45, 2.75) is 11.0 Å². The molecule has 2 aromatic rings. The summed E-state index contributed by atoms with van der Waals surface area (Å²) < 4.78 is 5.26. The molecule has 0 radical (unpaired) electrons. The van der Waals surface area contributed by atoms with Gasteiger partial charge in [0.2, 0.25) is 0 Å². The second kappa shape index (κ2) is 3.01. The second-order valence-electron chi connectivity index (χ2n) is 3.64. The Bertz CT molecular complexity index is 489. The molecule has 2 aromatic carbocycles. The second-order valence-corrected chi connectivity index (χ2v) is 4.22. The maximum absolute atomic E-state index is 5.26. The van der Waals surface area contributed by atoms with Crippen LogP contribution in [0.2, 0.25) is 0 Å². The van der Waals surface area contributed by atoms with Crippen LogP contribution in [0, 0.1) is 0 Å². The summed E-state index contributed by atoms with van der Waals surface area (Å²) in [6.45, 7) is 0.877. The smallest absolute Gasteiger partial charge is 0.150 e. The molecule has 0 bridgehead atoms. The van der Waals surface area contributed by atoms with Crippen LogP contribution in [0.15, 0.2) is 41.3 Å². The zero-order valence-corrected chi connectivity index (χ0v) is 8.66. The minimum Gasteiger partial charge on any atom is -0.368 e. The van der Waals surface area contributed by atoms with Gasteiger partial charge in [0.1, 0.15) is 6.10 Å². The zero-order chi connectivity index (χ0) is 9.54. The van der Waals surface area contributed by atoms with Crippen LogP contribution in [0.1, 0.15) is 11.7 Å². The molecule has 1 nitrogen and oxygen atoms in total. The summed E-state index contributed by atoms with van der Waals surface area (Å²) in [5.41, 5.74) is 1.29. The van der Waals surface area contributed by atoms with Gasteiger partial charge in [0, 0.05) is 6.07 Å². The van der Waals surface area contributed by atoms with Crippen molar-refractivity contribution in [3.8, 4) is 0 Å². The summed E-state index contributed by atoms with van der Waals surface area (Å²) in [4.78, 5) is 1.12. The van der Waals surface area contributed by atoms with Crippen LogP contribution in [0.4, 0.5) is 0 Å². The minimum absolute atomic E-state index is 0.350. The first-order chi connectivity index (χ1) is 6.83. The van der Waals surface area contributed by atoms with E-state index in [0.717, 1.165) is 11.5 Å². The minimum atomic E-state index is 0.350. The van der Waals surface area contributed by atoms with E-state index in [-0.39, 0.29) is 0 Å². The van der Waals surface area contributed by atoms with Crippen LogP contribution in [-0.2, 0) is 17.4 Å². The molecule has 1 unspecified atom stereocenters. The number of ether oxygens (including phenoxy) is 1. The van der Waals surface area contributed by atoms with Gasteiger partial charge in [-0.05, 0) is 47.2 Å². The number of fused-ring (bicyclic) bond motifs is 1. The lowest BCUT2D eigenvalue weighted by molar-refractivity contribution is 0.416. The molecule has 1 atom stereocenters. The van der Waals surface area contributed by atoms with Crippen molar-refractivity contribution in [1.29, 1.82) is 0 Å². The largest absolute Gasteiger partial charge is 0.368 e. The van der Waals surface area contributed by atoms with Gasteiger partial charge < -0.3 is 4.74 Å². The molecule has 0 N–H and O–H groups in total. The Morgan fingerprint density at radius 3 is 2.57 bits per heavy atom. The number of hydrogen-bond donors (Lipinski definition) is 0. The predicted molar refractivity (Wildman–Crippen MR) is 61.1 cm³/mol. The monoisotopic (exact) mass is 203 g/mol. The molecule has 0 aliphatic carbocycles. The van der Waals surface area contributed by atoms with Crippen molar-refractivity contribution in [2.24, 2.45) is 0 Å². The van der Waals surface area contributed by atoms with Crippen LogP contribution in [-0.4, -0.2) is 6.61 Å². The molecule has 3 rings (SSSR count). The number of hydrogen-bond acceptors (Lipinski definition) is 1. The third kappa shape index (κ3) is 1.41. The summed E-state index contributed by atoms with van der Waals surface area (Å²) in [5, 5.41) is 2.54. The van der Waals surface area contributed by atoms with E-state index in [1.807, 2.05) is 0 Å². The standard InChI is InChI=1S/C12H10OS/c14-11-4-3-8-5-10(12-7-13-12)2-1-9(8)6-11/h1-6,12,14H,7H2/p+1. The molecule has 0 aromatic heterocycles. The molecule has 1 heterocycles. The van der Waals surface area contributed by atoms with Gasteiger partial charge >= 0.3 is 0 Å². The first kappa shape index (κ1) is 8.33. The number of benzene rings is 2. The summed E-state index contributed by atoms with van der Waals surface area (Å²) >= 11 is 3.52. The Labute approximate surface area is 88.1 Å². The molecular weight excluding hydrogens is 192 g/mol. The lowest BCUT2D eigenvalue weighted by Gasteiger charge is -1.99. The van der Waals surface area contributed by atoms with Crippen molar-refractivity contribution < 1.29 is 4.74 Å². The number of rotatable bonds is 1. The average molecular weight is 203 g/mol. The number of epoxide rings is 1. The molecule has 0 spiro atoms. The highest BCUT2D eigenvalue weighted by Gasteiger charge is 2.24. The van der Waals surface area contributed by atoms with E-state index in [1.165, 1.54) is 16.3 Å². The van der Waals surface area contributed by atoms with E-state index < -0.39 is 0 Å². The Morgan fingerprint density at radius 1 is 1.07 bits per heavy atom. The Balaban J connectivity index is 2.18. The molecule has 0 saturated carbocycles. The van der Waals surface area contributed by atoms with Gasteiger partial charge in [-0.3, -0.25) is 0 Å². The van der Waals surface area contributed by atoms with Crippen LogP contribution in [0.25, 0.3) is 10.8 Å². The van der Waals surface area contributed by atoms with Crippen molar-refractivity contribution in [3.63, 3.8) is 0 Å². The summed E-state index contributed by atoms with van der Waals surface area (Å²) in [7, 11) is 0. The molecule has 1 fully saturated rings. The van der Waals surface area contributed by atoms with E-state index >= 15 is 0 Å². The molecule has 1 saturated heterocycles. The summed E-state index contributed by atoms with van der Waals surface area (Å²) in [6, 6.07) is 12.8. The van der Waals surface area contributed by atoms with E-state index in [4.69, 9.17) is 4.74 Å². The van der Waals surface area contributed by atoms with Gasteiger partial charge in [0.25, 0.3) is 0 Å². The fraction of sp³-hybridized carbons (Fsp3) is 0.167. The molecule has 1 aliphatic rings. The van der Waals surface area contributed by atoms with E-state index in [0.29, 0.717) is 6.10 Å². The molecule has 70 valence electrons. The highest BCUT2D eigenvalue weighted by molar-refractivity contribution is 7.58. The van der Waals surface area contributed by atoms with Crippen molar-refractivity contribution in [2.75, 3.05) is 6.61 Å². The topological polar surface area (TPSA) is 12.5 Å². The first-order valence-electron chi connectivity index (χ1n) is 4.70. The van der Waals surface area contributed by atoms with Crippen molar-refractivity contribution in [1.82, 2.24) is 0 Å². The fourth-order valence-corrected chi connectivity index (χ4v) is 1.94. The molecule has 1 aliphatic heterocycles. The van der Waals surface area contributed by atoms with Crippen molar-refractivity contribution >= 4 is 23.4 Å². The Kier molecular flexibility index (Phi) is 1.79. The zero-order valence-electron chi connectivity index (χ0n) is 7.66. The fourth-order valence-electron chi connectivity index (χ4n) is 1.71. The highest BCUT2D eigenvalue weighted by atomic mass is 32.1. The van der Waals surface area contributed by atoms with E-state index in [1.54, 1.807) is 0 Å². The summed E-state index contributed by atoms with van der Waals surface area (Å²) in [6.07, 6.45) is 0.350. The maximum atomic E-state index is 5.26. The third-order valence-corrected chi connectivity index (χ3v) is 2.88. The van der Waals surface area contributed by atoms with Crippen LogP contribution in [0.5, 0.6) is 0 Å². The molecule has 2 heteroatoms. The van der Waals surface area contributed by atoms with Gasteiger partial charge in [-0.2, -0.15) is 0 Å². The Hall–Kier alpha value is -0.990. The van der Waals surface area contributed by atoms with Crippen LogP contribution < -0.4 is 0 Å².